The van der Waals surface area contributed by atoms with Crippen molar-refractivity contribution < 1.29 is 9.59 Å². The second kappa shape index (κ2) is 6.00. The molecule has 2 amide bonds. The van der Waals surface area contributed by atoms with Crippen LogP contribution in [0.5, 0.6) is 0 Å². The zero-order valence-electron chi connectivity index (χ0n) is 10.9. The quantitative estimate of drug-likeness (QED) is 0.822. The molecule has 1 N–H and O–H groups in total. The summed E-state index contributed by atoms with van der Waals surface area (Å²) in [6.45, 7) is 6.97. The van der Waals surface area contributed by atoms with Gasteiger partial charge in [-0.05, 0) is 26.0 Å². The molecule has 18 heavy (non-hydrogen) atoms. The maximum absolute atomic E-state index is 12.2. The Balaban J connectivity index is 3.15. The second-order valence-electron chi connectivity index (χ2n) is 4.08. The molecule has 0 aromatic heterocycles. The highest BCUT2D eigenvalue weighted by atomic mass is 16.2. The number of carbonyl (C=O) groups is 2. The van der Waals surface area contributed by atoms with E-state index in [2.05, 4.69) is 11.9 Å². The molecule has 0 aliphatic carbocycles. The Morgan fingerprint density at radius 1 is 1.28 bits per heavy atom. The van der Waals surface area contributed by atoms with Crippen molar-refractivity contribution in [3.63, 3.8) is 0 Å². The van der Waals surface area contributed by atoms with Gasteiger partial charge >= 0.3 is 0 Å². The summed E-state index contributed by atoms with van der Waals surface area (Å²) >= 11 is 0. The molecule has 1 atom stereocenters. The van der Waals surface area contributed by atoms with Crippen LogP contribution in [0.3, 0.4) is 0 Å². The van der Waals surface area contributed by atoms with Crippen molar-refractivity contribution in [2.45, 2.75) is 19.9 Å². The maximum atomic E-state index is 12.2. The van der Waals surface area contributed by atoms with E-state index in [0.717, 1.165) is 0 Å². The van der Waals surface area contributed by atoms with Gasteiger partial charge in [0.15, 0.2) is 0 Å². The zero-order valence-corrected chi connectivity index (χ0v) is 10.9. The predicted octanol–water partition coefficient (Wildman–Crippen LogP) is 1.73. The Morgan fingerprint density at radius 3 is 2.28 bits per heavy atom. The van der Waals surface area contributed by atoms with Gasteiger partial charge in [0.05, 0.1) is 0 Å². The highest BCUT2D eigenvalue weighted by molar-refractivity contribution is 6.08. The SMILES string of the molecule is C=C(C)C(=O)N(c1ccccc1)[C@@H](C)C(=O)NC. The summed E-state index contributed by atoms with van der Waals surface area (Å²) in [6, 6.07) is 8.51. The normalized spacial score (nSPS) is 11.5. The largest absolute Gasteiger partial charge is 0.357 e. The molecule has 0 bridgehead atoms. The van der Waals surface area contributed by atoms with Crippen LogP contribution < -0.4 is 10.2 Å². The highest BCUT2D eigenvalue weighted by Gasteiger charge is 2.26. The molecule has 0 saturated heterocycles. The number of nitrogens with zero attached hydrogens (tertiary/aromatic N) is 1. The van der Waals surface area contributed by atoms with Crippen molar-refractivity contribution in [1.29, 1.82) is 0 Å². The lowest BCUT2D eigenvalue weighted by Crippen LogP contribution is -2.47. The number of anilines is 1. The first-order chi connectivity index (χ1) is 8.49. The molecule has 0 saturated carbocycles. The topological polar surface area (TPSA) is 49.4 Å². The lowest BCUT2D eigenvalue weighted by Gasteiger charge is -2.28. The molecule has 0 heterocycles. The molecule has 0 radical (unpaired) electrons. The third-order valence-corrected chi connectivity index (χ3v) is 2.63. The van der Waals surface area contributed by atoms with Gasteiger partial charge in [-0.1, -0.05) is 24.8 Å². The van der Waals surface area contributed by atoms with Gasteiger partial charge in [-0.2, -0.15) is 0 Å². The van der Waals surface area contributed by atoms with Crippen LogP contribution in [0, 0.1) is 0 Å². The fourth-order valence-electron chi connectivity index (χ4n) is 1.64. The first kappa shape index (κ1) is 14.0. The summed E-state index contributed by atoms with van der Waals surface area (Å²) in [6.07, 6.45) is 0. The van der Waals surface area contributed by atoms with Gasteiger partial charge < -0.3 is 5.32 Å². The van der Waals surface area contributed by atoms with E-state index in [1.807, 2.05) is 18.2 Å². The molecular weight excluding hydrogens is 228 g/mol. The Hall–Kier alpha value is -2.10. The van der Waals surface area contributed by atoms with E-state index in [9.17, 15) is 9.59 Å². The zero-order chi connectivity index (χ0) is 13.7. The van der Waals surface area contributed by atoms with E-state index >= 15 is 0 Å². The van der Waals surface area contributed by atoms with Crippen LogP contribution in [0.15, 0.2) is 42.5 Å². The Morgan fingerprint density at radius 2 is 1.83 bits per heavy atom. The molecule has 4 nitrogen and oxygen atoms in total. The molecular formula is C14H18N2O2. The summed E-state index contributed by atoms with van der Waals surface area (Å²) in [5.74, 6) is -0.467. The molecule has 96 valence electrons. The minimum absolute atomic E-state index is 0.214. The fourth-order valence-corrected chi connectivity index (χ4v) is 1.64. The van der Waals surface area contributed by atoms with E-state index in [4.69, 9.17) is 0 Å². The number of benzene rings is 1. The molecule has 1 aromatic rings. The van der Waals surface area contributed by atoms with E-state index < -0.39 is 6.04 Å². The van der Waals surface area contributed by atoms with Crippen molar-refractivity contribution in [3.05, 3.63) is 42.5 Å². The summed E-state index contributed by atoms with van der Waals surface area (Å²) < 4.78 is 0. The first-order valence-electron chi connectivity index (χ1n) is 5.74. The average Bonchev–Trinajstić information content (AvgIpc) is 2.38. The smallest absolute Gasteiger partial charge is 0.254 e. The van der Waals surface area contributed by atoms with Crippen LogP contribution in [-0.4, -0.2) is 24.9 Å². The molecule has 1 rings (SSSR count). The van der Waals surface area contributed by atoms with Crippen molar-refractivity contribution in [2.24, 2.45) is 0 Å². The predicted molar refractivity (Wildman–Crippen MR) is 72.3 cm³/mol. The molecule has 0 aliphatic heterocycles. The van der Waals surface area contributed by atoms with E-state index in [1.165, 1.54) is 4.90 Å². The molecule has 0 aliphatic rings. The van der Waals surface area contributed by atoms with Crippen molar-refractivity contribution in [2.75, 3.05) is 11.9 Å². The van der Waals surface area contributed by atoms with Gasteiger partial charge in [0.1, 0.15) is 6.04 Å². The Labute approximate surface area is 107 Å². The van der Waals surface area contributed by atoms with E-state index in [1.54, 1.807) is 33.0 Å². The van der Waals surface area contributed by atoms with Gasteiger partial charge in [-0.3, -0.25) is 14.5 Å². The number of hydrogen-bond donors (Lipinski definition) is 1. The number of nitrogens with one attached hydrogen (secondary N) is 1. The Bertz CT molecular complexity index is 454. The van der Waals surface area contributed by atoms with Gasteiger partial charge in [-0.15, -0.1) is 0 Å². The van der Waals surface area contributed by atoms with Gasteiger partial charge in [0, 0.05) is 18.3 Å². The molecule has 0 spiro atoms. The van der Waals surface area contributed by atoms with Crippen LogP contribution in [0.4, 0.5) is 5.69 Å². The Kier molecular flexibility index (Phi) is 4.66. The van der Waals surface area contributed by atoms with E-state index in [-0.39, 0.29) is 11.8 Å². The van der Waals surface area contributed by atoms with Crippen LogP contribution in [-0.2, 0) is 9.59 Å². The molecule has 0 unspecified atom stereocenters. The first-order valence-corrected chi connectivity index (χ1v) is 5.74. The lowest BCUT2D eigenvalue weighted by molar-refractivity contribution is -0.124. The molecule has 0 fully saturated rings. The summed E-state index contributed by atoms with van der Waals surface area (Å²) in [5, 5.41) is 2.55. The summed E-state index contributed by atoms with van der Waals surface area (Å²) in [5.41, 5.74) is 1.08. The maximum Gasteiger partial charge on any atom is 0.254 e. The highest BCUT2D eigenvalue weighted by Crippen LogP contribution is 2.18. The number of hydrogen-bond acceptors (Lipinski definition) is 2. The van der Waals surface area contributed by atoms with Crippen LogP contribution in [0.2, 0.25) is 0 Å². The van der Waals surface area contributed by atoms with Gasteiger partial charge in [0.2, 0.25) is 5.91 Å². The second-order valence-corrected chi connectivity index (χ2v) is 4.08. The number of carbonyl (C=O) groups excluding carboxylic acids is 2. The van der Waals surface area contributed by atoms with Crippen LogP contribution >= 0.6 is 0 Å². The van der Waals surface area contributed by atoms with Crippen molar-refractivity contribution in [1.82, 2.24) is 5.32 Å². The fraction of sp³-hybridized carbons (Fsp3) is 0.286. The molecule has 1 aromatic carbocycles. The van der Waals surface area contributed by atoms with Crippen molar-refractivity contribution >= 4 is 17.5 Å². The van der Waals surface area contributed by atoms with Crippen molar-refractivity contribution in [3.8, 4) is 0 Å². The summed E-state index contributed by atoms with van der Waals surface area (Å²) in [7, 11) is 1.55. The number of para-hydroxylation sites is 1. The van der Waals surface area contributed by atoms with Crippen LogP contribution in [0.1, 0.15) is 13.8 Å². The van der Waals surface area contributed by atoms with Gasteiger partial charge in [-0.25, -0.2) is 0 Å². The third kappa shape index (κ3) is 2.97. The molecule has 4 heteroatoms. The minimum atomic E-state index is -0.582. The number of amides is 2. The third-order valence-electron chi connectivity index (χ3n) is 2.63. The summed E-state index contributed by atoms with van der Waals surface area (Å²) in [4.78, 5) is 25.3. The monoisotopic (exact) mass is 246 g/mol. The van der Waals surface area contributed by atoms with Crippen LogP contribution in [0.25, 0.3) is 0 Å². The minimum Gasteiger partial charge on any atom is -0.357 e. The van der Waals surface area contributed by atoms with Gasteiger partial charge in [0.25, 0.3) is 5.91 Å². The number of likely N-dealkylation sites (N-methyl/N-ethyl adjacent to an activating group) is 1. The van der Waals surface area contributed by atoms with E-state index in [0.29, 0.717) is 11.3 Å². The average molecular weight is 246 g/mol. The number of rotatable bonds is 4. The lowest BCUT2D eigenvalue weighted by atomic mass is 10.1. The standard InChI is InChI=1S/C14H18N2O2/c1-10(2)14(18)16(11(3)13(17)15-4)12-8-6-5-7-9-12/h5-9,11H,1H2,2-4H3,(H,15,17)/t11-/m0/s1.